The van der Waals surface area contributed by atoms with Crippen LogP contribution >= 0.6 is 0 Å². The minimum Gasteiger partial charge on any atom is -0.399 e. The van der Waals surface area contributed by atoms with Crippen molar-refractivity contribution in [2.24, 2.45) is 5.73 Å². The van der Waals surface area contributed by atoms with Crippen LogP contribution in [0.4, 0.5) is 34.1 Å². The van der Waals surface area contributed by atoms with E-state index in [2.05, 4.69) is 0 Å². The molecule has 0 spiro atoms. The molecule has 0 aromatic heterocycles. The normalized spacial score (nSPS) is 10.5. The number of anilines is 6. The molecule has 0 atom stereocenters. The molecule has 0 aliphatic carbocycles. The van der Waals surface area contributed by atoms with Gasteiger partial charge in [0.2, 0.25) is 0 Å². The van der Waals surface area contributed by atoms with Gasteiger partial charge < -0.3 is 33.6 Å². The second-order valence-corrected chi connectivity index (χ2v) is 4.93. The molecule has 0 bridgehead atoms. The van der Waals surface area contributed by atoms with Crippen LogP contribution in [0.15, 0.2) is 36.4 Å². The van der Waals surface area contributed by atoms with Crippen LogP contribution in [0.1, 0.15) is 6.42 Å². The molecule has 0 aliphatic heterocycles. The third-order valence-corrected chi connectivity index (χ3v) is 3.27. The van der Waals surface area contributed by atoms with Crippen LogP contribution in [0.5, 0.6) is 0 Å². The van der Waals surface area contributed by atoms with Crippen molar-refractivity contribution >= 4 is 34.1 Å². The molecule has 0 saturated carbocycles. The predicted octanol–water partition coefficient (Wildman–Crippen LogP) is 1.50. The van der Waals surface area contributed by atoms with E-state index in [9.17, 15) is 0 Å². The smallest absolute Gasteiger partial charge is 0.0646 e. The number of benzene rings is 2. The Bertz CT molecular complexity index is 574. The lowest BCUT2D eigenvalue weighted by Gasteiger charge is -2.27. The van der Waals surface area contributed by atoms with Gasteiger partial charge in [-0.15, -0.1) is 0 Å². The molecule has 6 nitrogen and oxygen atoms in total. The highest BCUT2D eigenvalue weighted by Gasteiger charge is 2.14. The molecule has 0 radical (unpaired) electrons. The summed E-state index contributed by atoms with van der Waals surface area (Å²) in [6, 6.07) is 10.9. The summed E-state index contributed by atoms with van der Waals surface area (Å²) >= 11 is 0. The molecular formula is C15H22N6. The van der Waals surface area contributed by atoms with Crippen LogP contribution in [0.25, 0.3) is 0 Å². The molecule has 10 N–H and O–H groups in total. The van der Waals surface area contributed by atoms with E-state index in [1.54, 1.807) is 12.1 Å². The Morgan fingerprint density at radius 2 is 1.24 bits per heavy atom. The number of hydrogen-bond donors (Lipinski definition) is 5. The molecule has 2 rings (SSSR count). The number of nitrogens with two attached hydrogens (primary N) is 5. The molecule has 0 aliphatic rings. The van der Waals surface area contributed by atoms with Gasteiger partial charge in [0, 0.05) is 17.9 Å². The maximum absolute atomic E-state index is 6.09. The lowest BCUT2D eigenvalue weighted by molar-refractivity contribution is 0.819. The van der Waals surface area contributed by atoms with E-state index in [1.165, 1.54) is 0 Å². The fourth-order valence-corrected chi connectivity index (χ4v) is 2.26. The van der Waals surface area contributed by atoms with E-state index in [0.717, 1.165) is 17.8 Å². The van der Waals surface area contributed by atoms with E-state index in [1.807, 2.05) is 29.2 Å². The number of nitrogens with zero attached hydrogens (tertiary/aromatic N) is 1. The molecule has 0 fully saturated rings. The first-order valence-electron chi connectivity index (χ1n) is 6.80. The maximum atomic E-state index is 6.09. The standard InChI is InChI=1S/C15H22N6/c16-6-1-7-21(14-4-2-10(17)8-12(14)19)15-5-3-11(18)9-13(15)20/h2-5,8-9H,1,6-7,16-20H2. The third kappa shape index (κ3) is 3.29. The lowest BCUT2D eigenvalue weighted by Crippen LogP contribution is -2.23. The van der Waals surface area contributed by atoms with Crippen molar-refractivity contribution in [3.05, 3.63) is 36.4 Å². The lowest BCUT2D eigenvalue weighted by atomic mass is 10.1. The maximum Gasteiger partial charge on any atom is 0.0646 e. The van der Waals surface area contributed by atoms with Gasteiger partial charge in [-0.1, -0.05) is 0 Å². The number of nitrogen functional groups attached to an aromatic ring is 4. The first kappa shape index (κ1) is 14.8. The fourth-order valence-electron chi connectivity index (χ4n) is 2.26. The van der Waals surface area contributed by atoms with E-state index < -0.39 is 0 Å². The second-order valence-electron chi connectivity index (χ2n) is 4.93. The summed E-state index contributed by atoms with van der Waals surface area (Å²) in [5.41, 5.74) is 33.5. The van der Waals surface area contributed by atoms with Crippen molar-refractivity contribution in [3.8, 4) is 0 Å². The van der Waals surface area contributed by atoms with Crippen LogP contribution in [0.3, 0.4) is 0 Å². The molecular weight excluding hydrogens is 264 g/mol. The Morgan fingerprint density at radius 3 is 1.62 bits per heavy atom. The molecule has 0 heterocycles. The summed E-state index contributed by atoms with van der Waals surface area (Å²) in [5, 5.41) is 0. The first-order chi connectivity index (χ1) is 10.0. The fraction of sp³-hybridized carbons (Fsp3) is 0.200. The van der Waals surface area contributed by atoms with E-state index in [0.29, 0.717) is 35.8 Å². The van der Waals surface area contributed by atoms with Gasteiger partial charge in [0.05, 0.1) is 22.7 Å². The van der Waals surface area contributed by atoms with Crippen molar-refractivity contribution in [3.63, 3.8) is 0 Å². The molecule has 2 aromatic rings. The van der Waals surface area contributed by atoms with Gasteiger partial charge in [0.15, 0.2) is 0 Å². The Balaban J connectivity index is 2.46. The van der Waals surface area contributed by atoms with Gasteiger partial charge in [-0.2, -0.15) is 0 Å². The molecule has 0 amide bonds. The van der Waals surface area contributed by atoms with Crippen molar-refractivity contribution in [1.82, 2.24) is 0 Å². The van der Waals surface area contributed by atoms with Crippen molar-refractivity contribution in [2.75, 3.05) is 40.9 Å². The monoisotopic (exact) mass is 286 g/mol. The first-order valence-corrected chi connectivity index (χ1v) is 6.80. The Morgan fingerprint density at radius 1 is 0.762 bits per heavy atom. The number of hydrogen-bond acceptors (Lipinski definition) is 6. The summed E-state index contributed by atoms with van der Waals surface area (Å²) in [5.74, 6) is 0. The average molecular weight is 286 g/mol. The number of rotatable bonds is 5. The molecule has 0 unspecified atom stereocenters. The second kappa shape index (κ2) is 6.23. The summed E-state index contributed by atoms with van der Waals surface area (Å²) in [4.78, 5) is 2.04. The minimum absolute atomic E-state index is 0.584. The summed E-state index contributed by atoms with van der Waals surface area (Å²) < 4.78 is 0. The Hall–Kier alpha value is -2.60. The molecule has 21 heavy (non-hydrogen) atoms. The van der Waals surface area contributed by atoms with Crippen LogP contribution in [-0.2, 0) is 0 Å². The van der Waals surface area contributed by atoms with Crippen LogP contribution in [0.2, 0.25) is 0 Å². The van der Waals surface area contributed by atoms with Crippen molar-refractivity contribution < 1.29 is 0 Å². The topological polar surface area (TPSA) is 133 Å². The van der Waals surface area contributed by atoms with Crippen LogP contribution < -0.4 is 33.6 Å². The highest BCUT2D eigenvalue weighted by Crippen LogP contribution is 2.35. The third-order valence-electron chi connectivity index (χ3n) is 3.27. The van der Waals surface area contributed by atoms with Crippen LogP contribution in [0, 0.1) is 0 Å². The summed E-state index contributed by atoms with van der Waals surface area (Å²) in [7, 11) is 0. The van der Waals surface area contributed by atoms with Gasteiger partial charge in [-0.05, 0) is 49.4 Å². The SMILES string of the molecule is NCCCN(c1ccc(N)cc1N)c1ccc(N)cc1N. The summed E-state index contributed by atoms with van der Waals surface area (Å²) in [6.07, 6.45) is 0.813. The molecule has 112 valence electrons. The van der Waals surface area contributed by atoms with Gasteiger partial charge in [0.25, 0.3) is 0 Å². The zero-order valence-corrected chi connectivity index (χ0v) is 11.9. The Labute approximate surface area is 124 Å². The van der Waals surface area contributed by atoms with Gasteiger partial charge in [-0.3, -0.25) is 0 Å². The molecule has 6 heteroatoms. The molecule has 0 saturated heterocycles. The van der Waals surface area contributed by atoms with Gasteiger partial charge in [-0.25, -0.2) is 0 Å². The van der Waals surface area contributed by atoms with Gasteiger partial charge >= 0.3 is 0 Å². The minimum atomic E-state index is 0.584. The highest BCUT2D eigenvalue weighted by atomic mass is 15.2. The van der Waals surface area contributed by atoms with Gasteiger partial charge in [0.1, 0.15) is 0 Å². The summed E-state index contributed by atoms with van der Waals surface area (Å²) in [6.45, 7) is 1.29. The predicted molar refractivity (Wildman–Crippen MR) is 91.2 cm³/mol. The largest absolute Gasteiger partial charge is 0.399 e. The van der Waals surface area contributed by atoms with E-state index in [4.69, 9.17) is 28.7 Å². The van der Waals surface area contributed by atoms with Crippen molar-refractivity contribution in [2.45, 2.75) is 6.42 Å². The zero-order valence-electron chi connectivity index (χ0n) is 11.9. The average Bonchev–Trinajstić information content (AvgIpc) is 2.42. The quantitative estimate of drug-likeness (QED) is 0.529. The van der Waals surface area contributed by atoms with E-state index in [-0.39, 0.29) is 0 Å². The zero-order chi connectivity index (χ0) is 15.4. The molecule has 2 aromatic carbocycles. The van der Waals surface area contributed by atoms with Crippen molar-refractivity contribution in [1.29, 1.82) is 0 Å². The highest BCUT2D eigenvalue weighted by molar-refractivity contribution is 5.83. The van der Waals surface area contributed by atoms with E-state index >= 15 is 0 Å². The van der Waals surface area contributed by atoms with Crippen LogP contribution in [-0.4, -0.2) is 13.1 Å². The Kier molecular flexibility index (Phi) is 4.39.